The molecule has 2 heterocycles. The zero-order valence-electron chi connectivity index (χ0n) is 14.5. The standard InChI is InChI=1S/C16H24N2O7/c1-10(2)9-12(15(21)25-18-13(19)3-4-14(18)20)17-16(22)24-11-5-7-23-8-6-11/h10-12H,3-9H2,1-2H3,(H,17,22)/t12-/m0/s1. The second kappa shape index (κ2) is 8.80. The highest BCUT2D eigenvalue weighted by molar-refractivity contribution is 6.01. The lowest BCUT2D eigenvalue weighted by Gasteiger charge is -2.25. The third kappa shape index (κ3) is 5.70. The zero-order chi connectivity index (χ0) is 18.4. The Balaban J connectivity index is 1.92. The Labute approximate surface area is 145 Å². The number of ether oxygens (including phenoxy) is 2. The van der Waals surface area contributed by atoms with Crippen LogP contribution in [-0.4, -0.2) is 54.3 Å². The topological polar surface area (TPSA) is 111 Å². The molecule has 25 heavy (non-hydrogen) atoms. The first-order valence-electron chi connectivity index (χ1n) is 8.49. The Morgan fingerprint density at radius 1 is 1.20 bits per heavy atom. The third-order valence-corrected chi connectivity index (χ3v) is 3.91. The minimum atomic E-state index is -1.01. The smallest absolute Gasteiger partial charge is 0.408 e. The van der Waals surface area contributed by atoms with Gasteiger partial charge >= 0.3 is 12.1 Å². The molecule has 0 aromatic heterocycles. The summed E-state index contributed by atoms with van der Waals surface area (Å²) in [5, 5.41) is 2.95. The number of hydrogen-bond acceptors (Lipinski definition) is 7. The number of amides is 3. The van der Waals surface area contributed by atoms with E-state index in [9.17, 15) is 19.2 Å². The summed E-state index contributed by atoms with van der Waals surface area (Å²) in [5.74, 6) is -1.91. The number of nitrogens with one attached hydrogen (secondary N) is 1. The maximum atomic E-state index is 12.3. The van der Waals surface area contributed by atoms with Crippen molar-refractivity contribution in [2.24, 2.45) is 5.92 Å². The van der Waals surface area contributed by atoms with Crippen LogP contribution in [0, 0.1) is 5.92 Å². The zero-order valence-corrected chi connectivity index (χ0v) is 14.5. The molecule has 140 valence electrons. The third-order valence-electron chi connectivity index (χ3n) is 3.91. The number of alkyl carbamates (subject to hydrolysis) is 1. The van der Waals surface area contributed by atoms with Crippen molar-refractivity contribution >= 4 is 23.9 Å². The summed E-state index contributed by atoms with van der Waals surface area (Å²) in [7, 11) is 0. The molecule has 0 radical (unpaired) electrons. The molecule has 1 N–H and O–H groups in total. The van der Waals surface area contributed by atoms with E-state index in [4.69, 9.17) is 14.3 Å². The normalized spacial score (nSPS) is 19.9. The molecule has 9 nitrogen and oxygen atoms in total. The van der Waals surface area contributed by atoms with Crippen LogP contribution in [0.25, 0.3) is 0 Å². The van der Waals surface area contributed by atoms with E-state index in [0.717, 1.165) is 0 Å². The van der Waals surface area contributed by atoms with Gasteiger partial charge in [0.25, 0.3) is 11.8 Å². The summed E-state index contributed by atoms with van der Waals surface area (Å²) >= 11 is 0. The van der Waals surface area contributed by atoms with E-state index < -0.39 is 29.9 Å². The van der Waals surface area contributed by atoms with Crippen LogP contribution < -0.4 is 5.32 Å². The highest BCUT2D eigenvalue weighted by Crippen LogP contribution is 2.15. The number of carbonyl (C=O) groups is 4. The van der Waals surface area contributed by atoms with Crippen LogP contribution in [0.2, 0.25) is 0 Å². The maximum absolute atomic E-state index is 12.3. The summed E-state index contributed by atoms with van der Waals surface area (Å²) < 4.78 is 10.5. The number of imide groups is 1. The van der Waals surface area contributed by atoms with E-state index >= 15 is 0 Å². The Morgan fingerprint density at radius 3 is 2.36 bits per heavy atom. The van der Waals surface area contributed by atoms with Crippen molar-refractivity contribution in [1.29, 1.82) is 0 Å². The van der Waals surface area contributed by atoms with Gasteiger partial charge in [0.05, 0.1) is 13.2 Å². The van der Waals surface area contributed by atoms with Crippen molar-refractivity contribution in [1.82, 2.24) is 10.4 Å². The van der Waals surface area contributed by atoms with Gasteiger partial charge in [-0.3, -0.25) is 9.59 Å². The van der Waals surface area contributed by atoms with Gasteiger partial charge in [-0.05, 0) is 12.3 Å². The molecule has 0 aromatic rings. The summed E-state index contributed by atoms with van der Waals surface area (Å²) in [4.78, 5) is 52.3. The molecule has 0 aromatic carbocycles. The number of rotatable bonds is 6. The first-order chi connectivity index (χ1) is 11.9. The van der Waals surface area contributed by atoms with Crippen molar-refractivity contribution < 1.29 is 33.5 Å². The van der Waals surface area contributed by atoms with Gasteiger partial charge < -0.3 is 19.6 Å². The summed E-state index contributed by atoms with van der Waals surface area (Å²) in [5.41, 5.74) is 0. The Bertz CT molecular complexity index is 513. The van der Waals surface area contributed by atoms with Crippen molar-refractivity contribution in [3.8, 4) is 0 Å². The molecule has 2 saturated heterocycles. The predicted molar refractivity (Wildman–Crippen MR) is 83.9 cm³/mol. The first-order valence-corrected chi connectivity index (χ1v) is 8.49. The highest BCUT2D eigenvalue weighted by Gasteiger charge is 2.35. The van der Waals surface area contributed by atoms with Gasteiger partial charge in [0.15, 0.2) is 0 Å². The van der Waals surface area contributed by atoms with Gasteiger partial charge in [0, 0.05) is 25.7 Å². The molecule has 0 spiro atoms. The van der Waals surface area contributed by atoms with Crippen LogP contribution in [0.1, 0.15) is 46.0 Å². The largest absolute Gasteiger partial charge is 0.446 e. The summed E-state index contributed by atoms with van der Waals surface area (Å²) in [6.07, 6.45) is 0.533. The summed E-state index contributed by atoms with van der Waals surface area (Å²) in [6.45, 7) is 4.79. The predicted octanol–water partition coefficient (Wildman–Crippen LogP) is 0.913. The maximum Gasteiger partial charge on any atom is 0.408 e. The fraction of sp³-hybridized carbons (Fsp3) is 0.750. The molecular formula is C16H24N2O7. The van der Waals surface area contributed by atoms with Crippen LogP contribution in [-0.2, 0) is 28.7 Å². The minimum Gasteiger partial charge on any atom is -0.446 e. The molecule has 2 aliphatic heterocycles. The average molecular weight is 356 g/mol. The average Bonchev–Trinajstić information content (AvgIpc) is 2.86. The van der Waals surface area contributed by atoms with Crippen LogP contribution in [0.15, 0.2) is 0 Å². The fourth-order valence-electron chi connectivity index (χ4n) is 2.62. The Kier molecular flexibility index (Phi) is 6.74. The van der Waals surface area contributed by atoms with Crippen molar-refractivity contribution in [3.63, 3.8) is 0 Å². The molecule has 0 unspecified atom stereocenters. The number of hydrogen-bond donors (Lipinski definition) is 1. The molecule has 9 heteroatoms. The molecule has 0 saturated carbocycles. The van der Waals surface area contributed by atoms with Gasteiger partial charge in [0.1, 0.15) is 12.1 Å². The first kappa shape index (κ1) is 19.2. The van der Waals surface area contributed by atoms with Crippen LogP contribution in [0.5, 0.6) is 0 Å². The van der Waals surface area contributed by atoms with Crippen molar-refractivity contribution in [2.45, 2.75) is 58.1 Å². The van der Waals surface area contributed by atoms with Crippen LogP contribution in [0.3, 0.4) is 0 Å². The van der Waals surface area contributed by atoms with E-state index in [1.165, 1.54) is 0 Å². The fourth-order valence-corrected chi connectivity index (χ4v) is 2.62. The number of hydroxylamine groups is 2. The molecule has 2 rings (SSSR count). The molecule has 0 bridgehead atoms. The molecule has 3 amide bonds. The second-order valence-corrected chi connectivity index (χ2v) is 6.54. The van der Waals surface area contributed by atoms with E-state index in [1.54, 1.807) is 0 Å². The van der Waals surface area contributed by atoms with Gasteiger partial charge in [-0.2, -0.15) is 0 Å². The SMILES string of the molecule is CC(C)C[C@H](NC(=O)OC1CCOCC1)C(=O)ON1C(=O)CCC1=O. The van der Waals surface area contributed by atoms with E-state index in [-0.39, 0.29) is 31.3 Å². The van der Waals surface area contributed by atoms with E-state index in [1.807, 2.05) is 13.8 Å². The van der Waals surface area contributed by atoms with Crippen LogP contribution >= 0.6 is 0 Å². The van der Waals surface area contributed by atoms with Crippen molar-refractivity contribution in [3.05, 3.63) is 0 Å². The molecule has 2 aliphatic rings. The Hall–Kier alpha value is -2.16. The second-order valence-electron chi connectivity index (χ2n) is 6.54. The lowest BCUT2D eigenvalue weighted by molar-refractivity contribution is -0.199. The molecule has 1 atom stereocenters. The van der Waals surface area contributed by atoms with Gasteiger partial charge in [-0.1, -0.05) is 13.8 Å². The Morgan fingerprint density at radius 2 is 1.80 bits per heavy atom. The van der Waals surface area contributed by atoms with E-state index in [2.05, 4.69) is 5.32 Å². The lowest BCUT2D eigenvalue weighted by atomic mass is 10.0. The molecule has 2 fully saturated rings. The number of nitrogens with zero attached hydrogens (tertiary/aromatic N) is 1. The van der Waals surface area contributed by atoms with Crippen LogP contribution in [0.4, 0.5) is 4.79 Å². The van der Waals surface area contributed by atoms with Gasteiger partial charge in [-0.15, -0.1) is 5.06 Å². The highest BCUT2D eigenvalue weighted by atomic mass is 16.7. The quantitative estimate of drug-likeness (QED) is 0.704. The van der Waals surface area contributed by atoms with Crippen molar-refractivity contribution in [2.75, 3.05) is 13.2 Å². The van der Waals surface area contributed by atoms with Gasteiger partial charge in [0.2, 0.25) is 0 Å². The summed E-state index contributed by atoms with van der Waals surface area (Å²) in [6, 6.07) is -1.01. The molecular weight excluding hydrogens is 332 g/mol. The monoisotopic (exact) mass is 356 g/mol. The molecule has 0 aliphatic carbocycles. The lowest BCUT2D eigenvalue weighted by Crippen LogP contribution is -2.47. The van der Waals surface area contributed by atoms with Gasteiger partial charge in [-0.25, -0.2) is 9.59 Å². The number of carbonyl (C=O) groups excluding carboxylic acids is 4. The minimum absolute atomic E-state index is 0.0141. The van der Waals surface area contributed by atoms with E-state index in [0.29, 0.717) is 31.1 Å².